The smallest absolute Gasteiger partial charge is 0.326 e. The standard InChI is InChI=1S/C14H17Cl2NO3/c1-2-3-7-12(14(19)20)17-13(18)8-9-10(15)5-4-6-11(9)16/h4-6,12H,2-3,7-8H2,1H3,(H,17,18)(H,19,20)/t12-/m0/s1. The van der Waals surface area contributed by atoms with Crippen LogP contribution in [-0.4, -0.2) is 23.0 Å². The largest absolute Gasteiger partial charge is 0.480 e. The van der Waals surface area contributed by atoms with E-state index in [9.17, 15) is 9.59 Å². The fourth-order valence-corrected chi connectivity index (χ4v) is 2.30. The van der Waals surface area contributed by atoms with E-state index in [1.807, 2.05) is 6.92 Å². The van der Waals surface area contributed by atoms with Gasteiger partial charge in [0.1, 0.15) is 6.04 Å². The molecule has 0 aliphatic rings. The molecule has 1 rings (SSSR count). The van der Waals surface area contributed by atoms with E-state index in [1.54, 1.807) is 18.2 Å². The first-order chi connectivity index (χ1) is 9.45. The summed E-state index contributed by atoms with van der Waals surface area (Å²) in [6.07, 6.45) is 1.99. The highest BCUT2D eigenvalue weighted by molar-refractivity contribution is 6.36. The minimum atomic E-state index is -1.03. The number of carbonyl (C=O) groups is 2. The molecular weight excluding hydrogens is 301 g/mol. The normalized spacial score (nSPS) is 11.9. The molecule has 20 heavy (non-hydrogen) atoms. The summed E-state index contributed by atoms with van der Waals surface area (Å²) in [5.41, 5.74) is 0.507. The molecule has 0 aliphatic heterocycles. The van der Waals surface area contributed by atoms with Gasteiger partial charge >= 0.3 is 5.97 Å². The van der Waals surface area contributed by atoms with Gasteiger partial charge in [0, 0.05) is 10.0 Å². The molecule has 0 saturated heterocycles. The van der Waals surface area contributed by atoms with Gasteiger partial charge in [-0.25, -0.2) is 4.79 Å². The molecule has 0 spiro atoms. The van der Waals surface area contributed by atoms with Gasteiger partial charge in [0.2, 0.25) is 5.91 Å². The van der Waals surface area contributed by atoms with E-state index in [1.165, 1.54) is 0 Å². The number of halogens is 2. The van der Waals surface area contributed by atoms with Crippen molar-refractivity contribution in [2.75, 3.05) is 0 Å². The van der Waals surface area contributed by atoms with Crippen LogP contribution in [0.4, 0.5) is 0 Å². The topological polar surface area (TPSA) is 66.4 Å². The van der Waals surface area contributed by atoms with Crippen molar-refractivity contribution in [1.29, 1.82) is 0 Å². The van der Waals surface area contributed by atoms with Crippen LogP contribution >= 0.6 is 23.2 Å². The lowest BCUT2D eigenvalue weighted by Gasteiger charge is -2.14. The summed E-state index contributed by atoms with van der Waals surface area (Å²) >= 11 is 12.0. The Balaban J connectivity index is 2.68. The first-order valence-corrected chi connectivity index (χ1v) is 7.16. The van der Waals surface area contributed by atoms with Crippen molar-refractivity contribution >= 4 is 35.1 Å². The van der Waals surface area contributed by atoms with E-state index < -0.39 is 17.9 Å². The maximum Gasteiger partial charge on any atom is 0.326 e. The molecule has 1 atom stereocenters. The van der Waals surface area contributed by atoms with Crippen LogP contribution in [0.5, 0.6) is 0 Å². The van der Waals surface area contributed by atoms with Gasteiger partial charge in [-0.15, -0.1) is 0 Å². The molecular formula is C14H17Cl2NO3. The molecule has 0 unspecified atom stereocenters. The van der Waals surface area contributed by atoms with Crippen molar-refractivity contribution < 1.29 is 14.7 Å². The monoisotopic (exact) mass is 317 g/mol. The molecule has 4 nitrogen and oxygen atoms in total. The highest BCUT2D eigenvalue weighted by Gasteiger charge is 2.20. The molecule has 0 aliphatic carbocycles. The number of carboxylic acid groups (broad SMARTS) is 1. The second-order valence-corrected chi connectivity index (χ2v) is 5.29. The molecule has 0 heterocycles. The zero-order valence-corrected chi connectivity index (χ0v) is 12.7. The zero-order chi connectivity index (χ0) is 15.1. The average Bonchev–Trinajstić information content (AvgIpc) is 2.38. The quantitative estimate of drug-likeness (QED) is 0.810. The Bertz CT molecular complexity index is 471. The average molecular weight is 318 g/mol. The predicted octanol–water partition coefficient (Wildman–Crippen LogP) is 3.30. The van der Waals surface area contributed by atoms with Crippen molar-refractivity contribution in [3.63, 3.8) is 0 Å². The van der Waals surface area contributed by atoms with Crippen LogP contribution in [0.1, 0.15) is 31.7 Å². The van der Waals surface area contributed by atoms with E-state index in [-0.39, 0.29) is 6.42 Å². The van der Waals surface area contributed by atoms with Gasteiger partial charge in [0.05, 0.1) is 6.42 Å². The van der Waals surface area contributed by atoms with Gasteiger partial charge in [-0.3, -0.25) is 4.79 Å². The first kappa shape index (κ1) is 16.8. The number of nitrogens with one attached hydrogen (secondary N) is 1. The fourth-order valence-electron chi connectivity index (χ4n) is 1.77. The second-order valence-electron chi connectivity index (χ2n) is 4.48. The molecule has 0 fully saturated rings. The zero-order valence-electron chi connectivity index (χ0n) is 11.2. The molecule has 1 amide bonds. The minimum absolute atomic E-state index is 0.0333. The van der Waals surface area contributed by atoms with Crippen molar-refractivity contribution in [2.24, 2.45) is 0 Å². The maximum atomic E-state index is 11.9. The van der Waals surface area contributed by atoms with Crippen LogP contribution in [0.2, 0.25) is 10.0 Å². The maximum absolute atomic E-state index is 11.9. The Morgan fingerprint density at radius 2 is 1.90 bits per heavy atom. The van der Waals surface area contributed by atoms with Gasteiger partial charge in [0.15, 0.2) is 0 Å². The Labute approximate surface area is 128 Å². The third kappa shape index (κ3) is 5.02. The molecule has 1 aromatic carbocycles. The predicted molar refractivity (Wildman–Crippen MR) is 79.3 cm³/mol. The van der Waals surface area contributed by atoms with Crippen LogP contribution in [0.25, 0.3) is 0 Å². The molecule has 0 bridgehead atoms. The number of hydrogen-bond acceptors (Lipinski definition) is 2. The molecule has 2 N–H and O–H groups in total. The summed E-state index contributed by atoms with van der Waals surface area (Å²) < 4.78 is 0. The first-order valence-electron chi connectivity index (χ1n) is 6.40. The third-order valence-electron chi connectivity index (χ3n) is 2.88. The van der Waals surface area contributed by atoms with Crippen LogP contribution in [0.15, 0.2) is 18.2 Å². The van der Waals surface area contributed by atoms with E-state index in [2.05, 4.69) is 5.32 Å². The number of rotatable bonds is 7. The van der Waals surface area contributed by atoms with Gasteiger partial charge in [-0.05, 0) is 24.1 Å². The minimum Gasteiger partial charge on any atom is -0.480 e. The molecule has 0 radical (unpaired) electrons. The second kappa shape index (κ2) is 8.12. The lowest BCUT2D eigenvalue weighted by molar-refractivity contribution is -0.141. The Morgan fingerprint density at radius 3 is 2.40 bits per heavy atom. The number of unbranched alkanes of at least 4 members (excludes halogenated alkanes) is 1. The van der Waals surface area contributed by atoms with Gasteiger partial charge in [-0.2, -0.15) is 0 Å². The van der Waals surface area contributed by atoms with Crippen molar-refractivity contribution in [1.82, 2.24) is 5.32 Å². The van der Waals surface area contributed by atoms with Crippen molar-refractivity contribution in [3.05, 3.63) is 33.8 Å². The number of aliphatic carboxylic acids is 1. The molecule has 110 valence electrons. The highest BCUT2D eigenvalue weighted by atomic mass is 35.5. The van der Waals surface area contributed by atoms with E-state index >= 15 is 0 Å². The Hall–Kier alpha value is -1.26. The highest BCUT2D eigenvalue weighted by Crippen LogP contribution is 2.24. The Kier molecular flexibility index (Phi) is 6.82. The molecule has 0 aromatic heterocycles. The summed E-state index contributed by atoms with van der Waals surface area (Å²) in [5, 5.41) is 12.3. The lowest BCUT2D eigenvalue weighted by Crippen LogP contribution is -2.41. The number of amides is 1. The van der Waals surface area contributed by atoms with E-state index in [0.717, 1.165) is 12.8 Å². The lowest BCUT2D eigenvalue weighted by atomic mass is 10.1. The number of carboxylic acids is 1. The summed E-state index contributed by atoms with van der Waals surface area (Å²) in [6.45, 7) is 1.96. The van der Waals surface area contributed by atoms with E-state index in [0.29, 0.717) is 22.0 Å². The molecule has 6 heteroatoms. The van der Waals surface area contributed by atoms with Crippen molar-refractivity contribution in [2.45, 2.75) is 38.6 Å². The summed E-state index contributed by atoms with van der Waals surface area (Å²) in [6, 6.07) is 4.10. The number of benzene rings is 1. The summed E-state index contributed by atoms with van der Waals surface area (Å²) in [4.78, 5) is 23.0. The molecule has 0 saturated carbocycles. The third-order valence-corrected chi connectivity index (χ3v) is 3.59. The fraction of sp³-hybridized carbons (Fsp3) is 0.429. The van der Waals surface area contributed by atoms with Crippen LogP contribution in [0.3, 0.4) is 0 Å². The van der Waals surface area contributed by atoms with E-state index in [4.69, 9.17) is 28.3 Å². The van der Waals surface area contributed by atoms with Crippen LogP contribution in [-0.2, 0) is 16.0 Å². The SMILES string of the molecule is CCCC[C@H](NC(=O)Cc1c(Cl)cccc1Cl)C(=O)O. The number of hydrogen-bond donors (Lipinski definition) is 2. The van der Waals surface area contributed by atoms with Crippen LogP contribution < -0.4 is 5.32 Å². The summed E-state index contributed by atoms with van der Waals surface area (Å²) in [5.74, 6) is -1.43. The van der Waals surface area contributed by atoms with Gasteiger partial charge in [-0.1, -0.05) is 49.0 Å². The van der Waals surface area contributed by atoms with Crippen LogP contribution in [0, 0.1) is 0 Å². The van der Waals surface area contributed by atoms with Crippen molar-refractivity contribution in [3.8, 4) is 0 Å². The number of carbonyl (C=O) groups excluding carboxylic acids is 1. The Morgan fingerprint density at radius 1 is 1.30 bits per heavy atom. The summed E-state index contributed by atoms with van der Waals surface area (Å²) in [7, 11) is 0. The molecule has 1 aromatic rings. The van der Waals surface area contributed by atoms with Gasteiger partial charge in [0.25, 0.3) is 0 Å². The van der Waals surface area contributed by atoms with Gasteiger partial charge < -0.3 is 10.4 Å².